The van der Waals surface area contributed by atoms with Gasteiger partial charge in [0.25, 0.3) is 0 Å². The molecule has 0 radical (unpaired) electrons. The van der Waals surface area contributed by atoms with Crippen LogP contribution in [0.5, 0.6) is 11.5 Å². The van der Waals surface area contributed by atoms with Gasteiger partial charge in [-0.05, 0) is 43.3 Å². The number of Topliss-reactive ketones (excluding diaryl/α,β-unsaturated/α-hetero) is 2. The van der Waals surface area contributed by atoms with Crippen LogP contribution in [-0.4, -0.2) is 34.2 Å². The van der Waals surface area contributed by atoms with Crippen LogP contribution >= 0.6 is 0 Å². The van der Waals surface area contributed by atoms with Crippen LogP contribution in [-0.2, 0) is 4.79 Å². The fourth-order valence-corrected chi connectivity index (χ4v) is 2.42. The Morgan fingerprint density at radius 2 is 1.46 bits per heavy atom. The molecule has 26 heavy (non-hydrogen) atoms. The van der Waals surface area contributed by atoms with Crippen molar-refractivity contribution in [3.05, 3.63) is 47.5 Å². The van der Waals surface area contributed by atoms with E-state index < -0.39 is 0 Å². The second-order valence-corrected chi connectivity index (χ2v) is 5.80. The van der Waals surface area contributed by atoms with Gasteiger partial charge >= 0.3 is 0 Å². The summed E-state index contributed by atoms with van der Waals surface area (Å²) in [5, 5.41) is 25.0. The summed E-state index contributed by atoms with van der Waals surface area (Å²) in [7, 11) is 0. The highest BCUT2D eigenvalue weighted by molar-refractivity contribution is 6.01. The van der Waals surface area contributed by atoms with Crippen molar-refractivity contribution in [2.75, 3.05) is 17.2 Å². The molecule has 2 rings (SSSR count). The van der Waals surface area contributed by atoms with E-state index in [0.717, 1.165) is 0 Å². The number of anilines is 2. The number of amides is 1. The number of phenols is 2. The van der Waals surface area contributed by atoms with Crippen LogP contribution in [0.4, 0.5) is 11.4 Å². The van der Waals surface area contributed by atoms with Gasteiger partial charge in [-0.25, -0.2) is 0 Å². The third-order valence-corrected chi connectivity index (χ3v) is 3.67. The average Bonchev–Trinajstić information content (AvgIpc) is 2.57. The monoisotopic (exact) mass is 356 g/mol. The van der Waals surface area contributed by atoms with E-state index in [1.165, 1.54) is 44.2 Å². The number of hydrogen-bond donors (Lipinski definition) is 4. The summed E-state index contributed by atoms with van der Waals surface area (Å²) in [4.78, 5) is 34.8. The third-order valence-electron chi connectivity index (χ3n) is 3.67. The molecule has 0 atom stereocenters. The molecular weight excluding hydrogens is 336 g/mol. The van der Waals surface area contributed by atoms with Gasteiger partial charge in [0.05, 0.1) is 11.1 Å². The molecule has 0 saturated carbocycles. The molecule has 1 amide bonds. The maximum atomic E-state index is 12.3. The van der Waals surface area contributed by atoms with E-state index in [1.807, 2.05) is 0 Å². The third kappa shape index (κ3) is 4.83. The maximum absolute atomic E-state index is 12.3. The van der Waals surface area contributed by atoms with Crippen molar-refractivity contribution in [1.29, 1.82) is 0 Å². The molecule has 0 fully saturated rings. The molecule has 136 valence electrons. The first kappa shape index (κ1) is 19.0. The molecule has 0 bridgehead atoms. The van der Waals surface area contributed by atoms with Crippen molar-refractivity contribution < 1.29 is 24.6 Å². The van der Waals surface area contributed by atoms with Gasteiger partial charge < -0.3 is 20.8 Å². The first-order chi connectivity index (χ1) is 12.3. The molecule has 0 spiro atoms. The van der Waals surface area contributed by atoms with E-state index in [4.69, 9.17) is 0 Å². The lowest BCUT2D eigenvalue weighted by Crippen LogP contribution is -2.11. The van der Waals surface area contributed by atoms with E-state index in [2.05, 4.69) is 10.6 Å². The fraction of sp³-hybridized carbons (Fsp3) is 0.211. The van der Waals surface area contributed by atoms with Gasteiger partial charge in [-0.2, -0.15) is 0 Å². The predicted molar refractivity (Wildman–Crippen MR) is 98.0 cm³/mol. The summed E-state index contributed by atoms with van der Waals surface area (Å²) in [6, 6.07) is 8.80. The quantitative estimate of drug-likeness (QED) is 0.448. The first-order valence-electron chi connectivity index (χ1n) is 7.99. The van der Waals surface area contributed by atoms with Crippen molar-refractivity contribution in [3.63, 3.8) is 0 Å². The van der Waals surface area contributed by atoms with Gasteiger partial charge in [0.15, 0.2) is 11.6 Å². The molecule has 0 aromatic heterocycles. The smallest absolute Gasteiger partial charge is 0.221 e. The summed E-state index contributed by atoms with van der Waals surface area (Å²) in [5.74, 6) is -1.09. The Bertz CT molecular complexity index is 861. The Hall–Kier alpha value is -3.35. The minimum absolute atomic E-state index is 0.0906. The molecule has 4 N–H and O–H groups in total. The number of hydrogen-bond acceptors (Lipinski definition) is 6. The van der Waals surface area contributed by atoms with Crippen LogP contribution in [0.25, 0.3) is 0 Å². The molecule has 0 aliphatic carbocycles. The maximum Gasteiger partial charge on any atom is 0.221 e. The minimum atomic E-state index is -0.298. The van der Waals surface area contributed by atoms with Gasteiger partial charge in [0.2, 0.25) is 5.91 Å². The van der Waals surface area contributed by atoms with Crippen molar-refractivity contribution in [3.8, 4) is 11.5 Å². The molecule has 0 aliphatic rings. The summed E-state index contributed by atoms with van der Waals surface area (Å²) < 4.78 is 0. The first-order valence-corrected chi connectivity index (χ1v) is 7.99. The van der Waals surface area contributed by atoms with Crippen LogP contribution in [0, 0.1) is 0 Å². The molecule has 7 heteroatoms. The molecule has 0 heterocycles. The number of carbonyl (C=O) groups is 3. The summed E-state index contributed by atoms with van der Waals surface area (Å²) in [5.41, 5.74) is 1.34. The Morgan fingerprint density at radius 3 is 2.08 bits per heavy atom. The summed E-state index contributed by atoms with van der Waals surface area (Å²) >= 11 is 0. The molecule has 0 saturated heterocycles. The number of phenolic OH excluding ortho intramolecular Hbond substituents is 2. The Balaban J connectivity index is 2.02. The van der Waals surface area contributed by atoms with Crippen LogP contribution in [0.3, 0.4) is 0 Å². The van der Waals surface area contributed by atoms with Crippen molar-refractivity contribution in [2.45, 2.75) is 20.3 Å². The van der Waals surface area contributed by atoms with Gasteiger partial charge in [0, 0.05) is 31.3 Å². The zero-order chi connectivity index (χ0) is 19.3. The summed E-state index contributed by atoms with van der Waals surface area (Å²) in [6.07, 6.45) is 0.0906. The number of benzene rings is 2. The van der Waals surface area contributed by atoms with E-state index in [-0.39, 0.29) is 53.1 Å². The predicted octanol–water partition coefficient (Wildman–Crippen LogP) is 2.94. The Labute approximate surface area is 150 Å². The lowest BCUT2D eigenvalue weighted by atomic mass is 10.1. The lowest BCUT2D eigenvalue weighted by Gasteiger charge is -2.10. The standard InChI is InChI=1S/C19H20N2O5/c1-11(22)15-9-13(3-5-17(15)24)20-8-7-19(26)16-10-14(21-12(2)23)4-6-18(16)25/h3-6,9-10,20,24-25H,7-8H2,1-2H3,(H,21,23). The lowest BCUT2D eigenvalue weighted by molar-refractivity contribution is -0.114. The largest absolute Gasteiger partial charge is 0.507 e. The van der Waals surface area contributed by atoms with Crippen molar-refractivity contribution in [1.82, 2.24) is 0 Å². The number of aromatic hydroxyl groups is 2. The van der Waals surface area contributed by atoms with Gasteiger partial charge in [-0.15, -0.1) is 0 Å². The fourth-order valence-electron chi connectivity index (χ4n) is 2.42. The van der Waals surface area contributed by atoms with Crippen LogP contribution in [0.2, 0.25) is 0 Å². The average molecular weight is 356 g/mol. The second kappa shape index (κ2) is 8.15. The van der Waals surface area contributed by atoms with E-state index in [1.54, 1.807) is 6.07 Å². The van der Waals surface area contributed by atoms with E-state index >= 15 is 0 Å². The second-order valence-electron chi connectivity index (χ2n) is 5.80. The molecule has 7 nitrogen and oxygen atoms in total. The number of carbonyl (C=O) groups excluding carboxylic acids is 3. The zero-order valence-electron chi connectivity index (χ0n) is 14.5. The zero-order valence-corrected chi connectivity index (χ0v) is 14.5. The topological polar surface area (TPSA) is 116 Å². The van der Waals surface area contributed by atoms with Gasteiger partial charge in [0.1, 0.15) is 11.5 Å². The highest BCUT2D eigenvalue weighted by Gasteiger charge is 2.13. The SMILES string of the molecule is CC(=O)Nc1ccc(O)c(C(=O)CCNc2ccc(O)c(C(C)=O)c2)c1. The molecule has 2 aromatic rings. The Morgan fingerprint density at radius 1 is 0.885 bits per heavy atom. The van der Waals surface area contributed by atoms with Crippen LogP contribution in [0.1, 0.15) is 41.0 Å². The van der Waals surface area contributed by atoms with Crippen molar-refractivity contribution in [2.24, 2.45) is 0 Å². The number of rotatable bonds is 7. The molecular formula is C19H20N2O5. The highest BCUT2D eigenvalue weighted by Crippen LogP contribution is 2.24. The van der Waals surface area contributed by atoms with Crippen LogP contribution in [0.15, 0.2) is 36.4 Å². The molecule has 2 aromatic carbocycles. The van der Waals surface area contributed by atoms with Crippen molar-refractivity contribution >= 4 is 28.8 Å². The van der Waals surface area contributed by atoms with E-state index in [0.29, 0.717) is 11.4 Å². The normalized spacial score (nSPS) is 10.2. The van der Waals surface area contributed by atoms with Gasteiger partial charge in [-0.1, -0.05) is 0 Å². The number of ketones is 2. The number of nitrogens with one attached hydrogen (secondary N) is 2. The molecule has 0 unspecified atom stereocenters. The van der Waals surface area contributed by atoms with E-state index in [9.17, 15) is 24.6 Å². The highest BCUT2D eigenvalue weighted by atomic mass is 16.3. The molecule has 0 aliphatic heterocycles. The minimum Gasteiger partial charge on any atom is -0.507 e. The van der Waals surface area contributed by atoms with Crippen LogP contribution < -0.4 is 10.6 Å². The van der Waals surface area contributed by atoms with Gasteiger partial charge in [-0.3, -0.25) is 14.4 Å². The summed E-state index contributed by atoms with van der Waals surface area (Å²) in [6.45, 7) is 2.98. The Kier molecular flexibility index (Phi) is 5.95.